The van der Waals surface area contributed by atoms with Gasteiger partial charge >= 0.3 is 0 Å². The van der Waals surface area contributed by atoms with Gasteiger partial charge in [-0.3, -0.25) is 4.79 Å². The predicted octanol–water partition coefficient (Wildman–Crippen LogP) is 10.2. The molecule has 11 nitrogen and oxygen atoms in total. The highest BCUT2D eigenvalue weighted by molar-refractivity contribution is 7.13. The number of nitrogens with zero attached hydrogens (tertiary/aromatic N) is 3. The number of fused-ring (bicyclic) bond motifs is 2. The molecule has 4 aromatic heterocycles. The number of benzene rings is 2. The van der Waals surface area contributed by atoms with E-state index in [0.717, 1.165) is 26.8 Å². The number of halogens is 3. The first-order valence-corrected chi connectivity index (χ1v) is 19.7. The van der Waals surface area contributed by atoms with Crippen LogP contribution in [0.4, 0.5) is 0 Å². The van der Waals surface area contributed by atoms with Crippen LogP contribution in [0.5, 0.6) is 11.5 Å². The standard InChI is InChI=1S/C19H20Cl2N2O3S.C19H21ClN2O4S/c1-10(2)14-9-27-19(23-14)13-7-12(20)11-5-6-15(17(21)18(11)22-13)26-8-16(24-3)25-4;1-10(2)13-9-27-19(22-13)12-7-14(23)11-5-6-15(17(20)18(11)21-12)26-8-16(24-3)25-4/h5-7,9-10,16H,8H2,1-4H3;5-7,9-10,16H,8H2,1-4H3,(H,21,23). The smallest absolute Gasteiger partial charge is 0.191 e. The molecule has 0 spiro atoms. The Morgan fingerprint density at radius 3 is 1.74 bits per heavy atom. The van der Waals surface area contributed by atoms with Gasteiger partial charge in [0.05, 0.1) is 33.1 Å². The van der Waals surface area contributed by atoms with E-state index in [-0.39, 0.29) is 18.6 Å². The van der Waals surface area contributed by atoms with Crippen LogP contribution in [0, 0.1) is 0 Å². The quantitative estimate of drug-likeness (QED) is 0.106. The number of methoxy groups -OCH3 is 4. The number of aromatic nitrogens is 4. The molecule has 4 heterocycles. The summed E-state index contributed by atoms with van der Waals surface area (Å²) in [5.41, 5.74) is 4.31. The van der Waals surface area contributed by atoms with Crippen LogP contribution in [0.1, 0.15) is 50.9 Å². The van der Waals surface area contributed by atoms with Gasteiger partial charge in [0, 0.05) is 56.0 Å². The van der Waals surface area contributed by atoms with Crippen molar-refractivity contribution >= 4 is 79.3 Å². The molecule has 1 N–H and O–H groups in total. The summed E-state index contributed by atoms with van der Waals surface area (Å²) in [4.78, 5) is 29.7. The average molecular weight is 836 g/mol. The van der Waals surface area contributed by atoms with E-state index in [9.17, 15) is 4.79 Å². The van der Waals surface area contributed by atoms with Crippen molar-refractivity contribution in [2.75, 3.05) is 41.7 Å². The first-order chi connectivity index (χ1) is 25.9. The van der Waals surface area contributed by atoms with Gasteiger partial charge < -0.3 is 33.4 Å². The maximum Gasteiger partial charge on any atom is 0.191 e. The van der Waals surface area contributed by atoms with E-state index in [1.54, 1.807) is 38.5 Å². The van der Waals surface area contributed by atoms with Crippen LogP contribution in [-0.2, 0) is 18.9 Å². The molecular formula is C38H41Cl3N4O7S2. The molecule has 0 aliphatic rings. The summed E-state index contributed by atoms with van der Waals surface area (Å²) in [6.07, 6.45) is -0.990. The monoisotopic (exact) mass is 834 g/mol. The van der Waals surface area contributed by atoms with E-state index >= 15 is 0 Å². The summed E-state index contributed by atoms with van der Waals surface area (Å²) in [6, 6.07) is 10.3. The van der Waals surface area contributed by atoms with Gasteiger partial charge in [-0.1, -0.05) is 62.5 Å². The number of hydrogen-bond acceptors (Lipinski definition) is 12. The van der Waals surface area contributed by atoms with Crippen molar-refractivity contribution in [3.8, 4) is 32.9 Å². The summed E-state index contributed by atoms with van der Waals surface area (Å²) < 4.78 is 31.9. The van der Waals surface area contributed by atoms with Crippen molar-refractivity contribution in [1.82, 2.24) is 19.9 Å². The molecule has 0 amide bonds. The van der Waals surface area contributed by atoms with Crippen molar-refractivity contribution < 1.29 is 28.4 Å². The Hall–Kier alpha value is -3.37. The van der Waals surface area contributed by atoms with Gasteiger partial charge in [-0.25, -0.2) is 15.0 Å². The summed E-state index contributed by atoms with van der Waals surface area (Å²) in [5, 5.41) is 8.13. The van der Waals surface area contributed by atoms with E-state index in [1.165, 1.54) is 36.9 Å². The molecule has 16 heteroatoms. The summed E-state index contributed by atoms with van der Waals surface area (Å²) in [7, 11) is 6.16. The summed E-state index contributed by atoms with van der Waals surface area (Å²) in [5.74, 6) is 1.60. The van der Waals surface area contributed by atoms with Crippen molar-refractivity contribution in [2.24, 2.45) is 0 Å². The number of thiazole rings is 2. The minimum atomic E-state index is -0.507. The highest BCUT2D eigenvalue weighted by atomic mass is 35.5. The predicted molar refractivity (Wildman–Crippen MR) is 218 cm³/mol. The number of H-pyrrole nitrogens is 1. The zero-order chi connectivity index (χ0) is 39.1. The average Bonchev–Trinajstić information content (AvgIpc) is 3.87. The maximum atomic E-state index is 12.6. The Bertz CT molecular complexity index is 2250. The van der Waals surface area contributed by atoms with Crippen LogP contribution >= 0.6 is 57.5 Å². The van der Waals surface area contributed by atoms with Crippen molar-refractivity contribution in [2.45, 2.75) is 52.1 Å². The van der Waals surface area contributed by atoms with Gasteiger partial charge in [0.2, 0.25) is 0 Å². The molecule has 0 bridgehead atoms. The minimum absolute atomic E-state index is 0.125. The Morgan fingerprint density at radius 1 is 0.685 bits per heavy atom. The molecule has 6 rings (SSSR count). The third-order valence-electron chi connectivity index (χ3n) is 8.22. The first kappa shape index (κ1) is 41.8. The van der Waals surface area contributed by atoms with Gasteiger partial charge in [-0.2, -0.15) is 0 Å². The zero-order valence-electron chi connectivity index (χ0n) is 31.0. The molecule has 0 fully saturated rings. The lowest BCUT2D eigenvalue weighted by molar-refractivity contribution is -0.122. The molecule has 6 aromatic rings. The molecule has 288 valence electrons. The molecule has 0 atom stereocenters. The van der Waals surface area contributed by atoms with E-state index in [2.05, 4.69) is 42.6 Å². The Balaban J connectivity index is 0.000000208. The molecule has 0 radical (unpaired) electrons. The van der Waals surface area contributed by atoms with E-state index in [0.29, 0.717) is 66.2 Å². The largest absolute Gasteiger partial charge is 0.487 e. The number of aromatic amines is 1. The second-order valence-electron chi connectivity index (χ2n) is 12.5. The Kier molecular flexibility index (Phi) is 14.7. The van der Waals surface area contributed by atoms with Crippen LogP contribution in [0.2, 0.25) is 15.1 Å². The molecule has 2 aromatic carbocycles. The van der Waals surface area contributed by atoms with Gasteiger partial charge in [0.25, 0.3) is 0 Å². The number of rotatable bonds is 14. The fourth-order valence-corrected chi connectivity index (χ4v) is 7.71. The first-order valence-electron chi connectivity index (χ1n) is 16.8. The van der Waals surface area contributed by atoms with E-state index < -0.39 is 12.6 Å². The molecule has 0 saturated carbocycles. The lowest BCUT2D eigenvalue weighted by Gasteiger charge is -2.16. The number of pyridine rings is 2. The van der Waals surface area contributed by atoms with Gasteiger partial charge in [-0.15, -0.1) is 22.7 Å². The fraction of sp³-hybridized carbons (Fsp3) is 0.368. The Morgan fingerprint density at radius 2 is 1.20 bits per heavy atom. The summed E-state index contributed by atoms with van der Waals surface area (Å²) >= 11 is 22.6. The molecule has 0 aliphatic heterocycles. The lowest BCUT2D eigenvalue weighted by Crippen LogP contribution is -2.22. The Labute approximate surface area is 336 Å². The van der Waals surface area contributed by atoms with Crippen LogP contribution < -0.4 is 14.9 Å². The fourth-order valence-electron chi connectivity index (χ4n) is 5.03. The molecule has 0 aliphatic carbocycles. The van der Waals surface area contributed by atoms with Crippen molar-refractivity contribution in [3.05, 3.63) is 83.8 Å². The normalized spacial score (nSPS) is 11.7. The van der Waals surface area contributed by atoms with E-state index in [4.69, 9.17) is 68.2 Å². The number of hydrogen-bond donors (Lipinski definition) is 1. The zero-order valence-corrected chi connectivity index (χ0v) is 34.9. The lowest BCUT2D eigenvalue weighted by atomic mass is 10.1. The van der Waals surface area contributed by atoms with Gasteiger partial charge in [0.1, 0.15) is 50.5 Å². The van der Waals surface area contributed by atoms with Crippen molar-refractivity contribution in [1.29, 1.82) is 0 Å². The SMILES string of the molecule is COC(COc1ccc2c(=O)cc(-c3nc(C(C)C)cs3)[nH]c2c1Cl)OC.COC(COc1ccc2c(Cl)cc(-c3nc(C(C)C)cs3)nc2c1Cl)OC. The van der Waals surface area contributed by atoms with Crippen LogP contribution in [-0.4, -0.2) is 74.2 Å². The molecule has 0 unspecified atom stereocenters. The number of nitrogens with one attached hydrogen (secondary N) is 1. The van der Waals surface area contributed by atoms with Crippen molar-refractivity contribution in [3.63, 3.8) is 0 Å². The second kappa shape index (κ2) is 19.0. The highest BCUT2D eigenvalue weighted by Crippen LogP contribution is 2.38. The molecule has 0 saturated heterocycles. The van der Waals surface area contributed by atoms with Crippen LogP contribution in [0.25, 0.3) is 43.2 Å². The molecular weight excluding hydrogens is 795 g/mol. The maximum absolute atomic E-state index is 12.6. The van der Waals surface area contributed by atoms with Crippen LogP contribution in [0.3, 0.4) is 0 Å². The van der Waals surface area contributed by atoms with E-state index in [1.807, 2.05) is 22.9 Å². The topological polar surface area (TPSA) is 127 Å². The van der Waals surface area contributed by atoms with Crippen LogP contribution in [0.15, 0.2) is 52.0 Å². The van der Waals surface area contributed by atoms with Gasteiger partial charge in [-0.05, 0) is 42.2 Å². The highest BCUT2D eigenvalue weighted by Gasteiger charge is 2.18. The summed E-state index contributed by atoms with van der Waals surface area (Å²) in [6.45, 7) is 8.74. The third kappa shape index (κ3) is 9.70. The molecule has 54 heavy (non-hydrogen) atoms. The second-order valence-corrected chi connectivity index (χ2v) is 15.4. The third-order valence-corrected chi connectivity index (χ3v) is 11.0. The number of ether oxygens (including phenoxy) is 6. The van der Waals surface area contributed by atoms with Gasteiger partial charge in [0.15, 0.2) is 18.0 Å². The minimum Gasteiger partial charge on any atom is -0.487 e.